The van der Waals surface area contributed by atoms with Crippen LogP contribution in [0.3, 0.4) is 0 Å². The van der Waals surface area contributed by atoms with Gasteiger partial charge in [-0.1, -0.05) is 0 Å². The molecule has 31 heavy (non-hydrogen) atoms. The summed E-state index contributed by atoms with van der Waals surface area (Å²) in [5, 5.41) is 23.8. The number of hydrogen-bond donors (Lipinski definition) is 4. The smallest absolute Gasteiger partial charge is 0.416 e. The third-order valence-electron chi connectivity index (χ3n) is 4.43. The molecule has 0 radical (unpaired) electrons. The Morgan fingerprint density at radius 1 is 1.03 bits per heavy atom. The molecule has 0 fully saturated rings. The minimum atomic E-state index is -4.50. The Labute approximate surface area is 174 Å². The zero-order chi connectivity index (χ0) is 22.9. The van der Waals surface area contributed by atoms with Gasteiger partial charge in [-0.2, -0.15) is 23.3 Å². The van der Waals surface area contributed by atoms with E-state index in [1.165, 1.54) is 13.0 Å². The van der Waals surface area contributed by atoms with Crippen LogP contribution in [0.1, 0.15) is 29.8 Å². The highest BCUT2D eigenvalue weighted by molar-refractivity contribution is 6.30. The molecule has 2 amide bonds. The van der Waals surface area contributed by atoms with Gasteiger partial charge in [0.05, 0.1) is 22.5 Å². The first-order valence-corrected chi connectivity index (χ1v) is 8.85. The number of hydrogen-bond acceptors (Lipinski definition) is 6. The fourth-order valence-corrected chi connectivity index (χ4v) is 2.85. The van der Waals surface area contributed by atoms with Gasteiger partial charge in [0.1, 0.15) is 0 Å². The first-order chi connectivity index (χ1) is 14.5. The second-order valence-corrected chi connectivity index (χ2v) is 6.63. The molecule has 11 heteroatoms. The fraction of sp³-hybridized carbons (Fsp3) is 0.150. The van der Waals surface area contributed by atoms with E-state index in [1.54, 1.807) is 6.92 Å². The Hall–Kier alpha value is -4.02. The van der Waals surface area contributed by atoms with Crippen molar-refractivity contribution in [2.75, 3.05) is 5.01 Å². The number of anilines is 1. The lowest BCUT2D eigenvalue weighted by molar-refractivity contribution is -0.137. The lowest BCUT2D eigenvalue weighted by Crippen LogP contribution is -2.37. The van der Waals surface area contributed by atoms with Crippen molar-refractivity contribution < 1.29 is 33.0 Å². The van der Waals surface area contributed by atoms with Crippen LogP contribution in [0.15, 0.2) is 58.8 Å². The number of alkyl halides is 3. The molecule has 1 aliphatic heterocycles. The van der Waals surface area contributed by atoms with Crippen molar-refractivity contribution in [3.8, 4) is 11.5 Å². The molecule has 0 bridgehead atoms. The van der Waals surface area contributed by atoms with Gasteiger partial charge in [0.2, 0.25) is 0 Å². The number of hydrazone groups is 1. The second kappa shape index (κ2) is 8.01. The van der Waals surface area contributed by atoms with E-state index in [4.69, 9.17) is 0 Å². The quantitative estimate of drug-likeness (QED) is 0.336. The topological polar surface area (TPSA) is 114 Å². The van der Waals surface area contributed by atoms with Crippen molar-refractivity contribution in [2.45, 2.75) is 20.0 Å². The number of benzene rings is 2. The summed E-state index contributed by atoms with van der Waals surface area (Å²) in [6.45, 7) is 3.05. The first-order valence-electron chi connectivity index (χ1n) is 8.85. The van der Waals surface area contributed by atoms with Crippen LogP contribution in [0.4, 0.5) is 18.9 Å². The molecule has 0 aromatic heterocycles. The van der Waals surface area contributed by atoms with Gasteiger partial charge in [-0.15, -0.1) is 0 Å². The summed E-state index contributed by atoms with van der Waals surface area (Å²) in [7, 11) is 0. The number of phenolic OH excluding ortho intramolecular Hbond substituents is 2. The molecule has 0 unspecified atom stereocenters. The molecule has 1 heterocycles. The molecule has 3 rings (SSSR count). The number of rotatable bonds is 4. The molecule has 2 aromatic carbocycles. The molecule has 2 aromatic rings. The summed E-state index contributed by atoms with van der Waals surface area (Å²) in [5.41, 5.74) is 4.97. The van der Waals surface area contributed by atoms with E-state index in [2.05, 4.69) is 16.0 Å². The highest BCUT2D eigenvalue weighted by Crippen LogP contribution is 2.32. The lowest BCUT2D eigenvalue weighted by atomic mass is 10.1. The summed E-state index contributed by atoms with van der Waals surface area (Å²) >= 11 is 0. The number of carbonyl (C=O) groups is 2. The summed E-state index contributed by atoms with van der Waals surface area (Å²) in [6, 6.07) is 7.49. The van der Waals surface area contributed by atoms with Crippen LogP contribution in [0.25, 0.3) is 0 Å². The number of aromatic hydroxyl groups is 2. The maximum absolute atomic E-state index is 12.8. The molecule has 8 nitrogen and oxygen atoms in total. The van der Waals surface area contributed by atoms with Crippen molar-refractivity contribution in [3.05, 3.63) is 64.9 Å². The number of nitrogens with zero attached hydrogens (tertiary/aromatic N) is 2. The minimum absolute atomic E-state index is 0.0510. The van der Waals surface area contributed by atoms with Gasteiger partial charge in [0.25, 0.3) is 11.8 Å². The summed E-state index contributed by atoms with van der Waals surface area (Å²) in [6.07, 6.45) is -4.50. The second-order valence-electron chi connectivity index (χ2n) is 6.63. The van der Waals surface area contributed by atoms with Gasteiger partial charge in [-0.25, -0.2) is 0 Å². The predicted molar refractivity (Wildman–Crippen MR) is 105 cm³/mol. The number of nitrogens with one attached hydrogen (secondary N) is 2. The molecule has 0 spiro atoms. The van der Waals surface area contributed by atoms with E-state index in [-0.39, 0.29) is 28.3 Å². The maximum atomic E-state index is 12.8. The Morgan fingerprint density at radius 3 is 2.26 bits per heavy atom. The SMILES string of the molecule is CC1=NN(c2ccc(C(F)(F)F)cc2)C(=O)/C1=C(/C)NNC(=O)c1ccc(O)c(O)c1. The van der Waals surface area contributed by atoms with E-state index in [0.717, 1.165) is 41.4 Å². The van der Waals surface area contributed by atoms with Crippen LogP contribution >= 0.6 is 0 Å². The zero-order valence-corrected chi connectivity index (χ0v) is 16.3. The molecule has 4 N–H and O–H groups in total. The maximum Gasteiger partial charge on any atom is 0.416 e. The van der Waals surface area contributed by atoms with Gasteiger partial charge >= 0.3 is 6.18 Å². The molecular weight excluding hydrogens is 417 g/mol. The highest BCUT2D eigenvalue weighted by Gasteiger charge is 2.33. The largest absolute Gasteiger partial charge is 0.504 e. The van der Waals surface area contributed by atoms with Crippen LogP contribution in [0.2, 0.25) is 0 Å². The standard InChI is InChI=1S/C20H17F3N4O4/c1-10(24-25-18(30)12-3-8-15(28)16(29)9-12)17-11(2)26-27(19(17)31)14-6-4-13(5-7-14)20(21,22)23/h3-9,24,28-29H,1-2H3,(H,25,30)/b17-10-. The van der Waals surface area contributed by atoms with E-state index in [0.29, 0.717) is 5.71 Å². The minimum Gasteiger partial charge on any atom is -0.504 e. The Morgan fingerprint density at radius 2 is 1.68 bits per heavy atom. The van der Waals surface area contributed by atoms with Crippen LogP contribution in [-0.4, -0.2) is 27.7 Å². The van der Waals surface area contributed by atoms with Crippen molar-refractivity contribution in [1.82, 2.24) is 10.9 Å². The van der Waals surface area contributed by atoms with E-state index in [1.807, 2.05) is 0 Å². The Bertz CT molecular complexity index is 1110. The normalized spacial score (nSPS) is 15.6. The fourth-order valence-electron chi connectivity index (χ4n) is 2.85. The van der Waals surface area contributed by atoms with Crippen LogP contribution in [0, 0.1) is 0 Å². The van der Waals surface area contributed by atoms with Gasteiger partial charge < -0.3 is 15.6 Å². The van der Waals surface area contributed by atoms with Gasteiger partial charge in [0.15, 0.2) is 11.5 Å². The summed E-state index contributed by atoms with van der Waals surface area (Å²) in [5.74, 6) is -2.08. The van der Waals surface area contributed by atoms with E-state index >= 15 is 0 Å². The van der Waals surface area contributed by atoms with Gasteiger partial charge in [0, 0.05) is 11.3 Å². The van der Waals surface area contributed by atoms with Crippen molar-refractivity contribution in [2.24, 2.45) is 5.10 Å². The van der Waals surface area contributed by atoms with Crippen molar-refractivity contribution in [3.63, 3.8) is 0 Å². The highest BCUT2D eigenvalue weighted by atomic mass is 19.4. The zero-order valence-electron chi connectivity index (χ0n) is 16.3. The Kier molecular flexibility index (Phi) is 5.60. The van der Waals surface area contributed by atoms with E-state index in [9.17, 15) is 33.0 Å². The molecule has 0 atom stereocenters. The molecule has 162 valence electrons. The monoisotopic (exact) mass is 434 g/mol. The van der Waals surface area contributed by atoms with Crippen molar-refractivity contribution >= 4 is 23.2 Å². The Balaban J connectivity index is 1.75. The predicted octanol–water partition coefficient (Wildman–Crippen LogP) is 3.05. The number of phenols is 2. The molecular formula is C20H17F3N4O4. The first kappa shape index (κ1) is 21.7. The molecule has 1 aliphatic rings. The van der Waals surface area contributed by atoms with Gasteiger partial charge in [-0.05, 0) is 56.3 Å². The average Bonchev–Trinajstić information content (AvgIpc) is 3.01. The molecule has 0 saturated carbocycles. The van der Waals surface area contributed by atoms with Crippen LogP contribution < -0.4 is 15.9 Å². The number of halogens is 3. The molecule has 0 saturated heterocycles. The number of allylic oxidation sites excluding steroid dienone is 1. The molecule has 0 aliphatic carbocycles. The van der Waals surface area contributed by atoms with Crippen molar-refractivity contribution in [1.29, 1.82) is 0 Å². The average molecular weight is 434 g/mol. The van der Waals surface area contributed by atoms with E-state index < -0.39 is 29.3 Å². The summed E-state index contributed by atoms with van der Waals surface area (Å²) < 4.78 is 38.2. The van der Waals surface area contributed by atoms with Gasteiger partial charge in [-0.3, -0.25) is 15.0 Å². The van der Waals surface area contributed by atoms with Crippen LogP contribution in [0.5, 0.6) is 11.5 Å². The third-order valence-corrected chi connectivity index (χ3v) is 4.43. The third kappa shape index (κ3) is 4.44. The summed E-state index contributed by atoms with van der Waals surface area (Å²) in [4.78, 5) is 24.9. The van der Waals surface area contributed by atoms with Crippen LogP contribution in [-0.2, 0) is 11.0 Å². The number of amides is 2. The number of carbonyl (C=O) groups excluding carboxylic acids is 2. The number of hydrazine groups is 1. The lowest BCUT2D eigenvalue weighted by Gasteiger charge is -2.14.